The second-order valence-electron chi connectivity index (χ2n) is 10.0. The zero-order valence-corrected chi connectivity index (χ0v) is 19.1. The molecule has 0 unspecified atom stereocenters. The lowest BCUT2D eigenvalue weighted by Crippen LogP contribution is -2.15. The van der Waals surface area contributed by atoms with E-state index in [1.165, 1.54) is 95.6 Å². The van der Waals surface area contributed by atoms with Crippen LogP contribution in [0, 0.1) is 29.4 Å². The number of rotatable bonds is 10. The summed E-state index contributed by atoms with van der Waals surface area (Å²) in [4.78, 5) is 0. The van der Waals surface area contributed by atoms with Gasteiger partial charge in [0.1, 0.15) is 0 Å². The van der Waals surface area contributed by atoms with Gasteiger partial charge in [-0.3, -0.25) is 0 Å². The van der Waals surface area contributed by atoms with Gasteiger partial charge in [-0.25, -0.2) is 8.78 Å². The summed E-state index contributed by atoms with van der Waals surface area (Å²) >= 11 is 0. The molecule has 0 amide bonds. The largest absolute Gasteiger partial charge is 0.204 e. The number of halogens is 2. The van der Waals surface area contributed by atoms with Crippen molar-refractivity contribution >= 4 is 0 Å². The van der Waals surface area contributed by atoms with E-state index in [9.17, 15) is 8.78 Å². The summed E-state index contributed by atoms with van der Waals surface area (Å²) in [6.07, 6.45) is 25.1. The molecule has 2 saturated carbocycles. The molecule has 168 valence electrons. The summed E-state index contributed by atoms with van der Waals surface area (Å²) in [6, 6.07) is 4.45. The third-order valence-corrected chi connectivity index (χ3v) is 7.70. The third kappa shape index (κ3) is 7.50. The summed E-state index contributed by atoms with van der Waals surface area (Å²) in [5.74, 6) is 1.38. The van der Waals surface area contributed by atoms with E-state index in [4.69, 9.17) is 0 Å². The van der Waals surface area contributed by atoms with E-state index in [1.54, 1.807) is 6.07 Å². The second kappa shape index (κ2) is 12.6. The Morgan fingerprint density at radius 3 is 1.97 bits per heavy atom. The molecule has 0 aromatic heterocycles. The van der Waals surface area contributed by atoms with Crippen LogP contribution in [0.2, 0.25) is 0 Å². The number of hydrogen-bond donors (Lipinski definition) is 0. The molecule has 2 aliphatic carbocycles. The van der Waals surface area contributed by atoms with E-state index in [0.29, 0.717) is 11.8 Å². The Hall–Kier alpha value is -1.18. The zero-order valence-electron chi connectivity index (χ0n) is 19.1. The molecule has 0 nitrogen and oxygen atoms in total. The van der Waals surface area contributed by atoms with Gasteiger partial charge in [-0.2, -0.15) is 0 Å². The van der Waals surface area contributed by atoms with Gasteiger partial charge in [-0.05, 0) is 92.7 Å². The van der Waals surface area contributed by atoms with Crippen molar-refractivity contribution in [2.75, 3.05) is 0 Å². The maximum absolute atomic E-state index is 13.5. The molecule has 0 aliphatic heterocycles. The van der Waals surface area contributed by atoms with E-state index in [-0.39, 0.29) is 0 Å². The van der Waals surface area contributed by atoms with Crippen molar-refractivity contribution in [2.45, 2.75) is 109 Å². The van der Waals surface area contributed by atoms with Gasteiger partial charge in [0.25, 0.3) is 0 Å². The SMILES string of the molecule is CCCCCCCCC1CCC(/C=C/C2CCC(c3ccc(F)c(F)c3)CC2)CC1. The molecule has 0 spiro atoms. The molecule has 0 atom stereocenters. The van der Waals surface area contributed by atoms with Gasteiger partial charge in [0.2, 0.25) is 0 Å². The van der Waals surface area contributed by atoms with Gasteiger partial charge in [-0.1, -0.05) is 70.1 Å². The third-order valence-electron chi connectivity index (χ3n) is 7.70. The highest BCUT2D eigenvalue weighted by molar-refractivity contribution is 5.22. The second-order valence-corrected chi connectivity index (χ2v) is 10.0. The first-order chi connectivity index (χ1) is 14.7. The Bertz CT molecular complexity index is 634. The summed E-state index contributed by atoms with van der Waals surface area (Å²) in [5.41, 5.74) is 0.972. The van der Waals surface area contributed by atoms with Gasteiger partial charge in [0.15, 0.2) is 11.6 Å². The Balaban J connectivity index is 1.30. The van der Waals surface area contributed by atoms with Crippen molar-refractivity contribution < 1.29 is 8.78 Å². The minimum Gasteiger partial charge on any atom is -0.204 e. The van der Waals surface area contributed by atoms with E-state index >= 15 is 0 Å². The van der Waals surface area contributed by atoms with Gasteiger partial charge >= 0.3 is 0 Å². The van der Waals surface area contributed by atoms with Gasteiger partial charge in [0.05, 0.1) is 0 Å². The molecule has 1 aromatic carbocycles. The fourth-order valence-corrected chi connectivity index (χ4v) is 5.61. The first-order valence-electron chi connectivity index (χ1n) is 12.8. The number of unbranched alkanes of at least 4 members (excludes halogenated alkanes) is 5. The maximum Gasteiger partial charge on any atom is 0.159 e. The van der Waals surface area contributed by atoms with Crippen LogP contribution in [0.4, 0.5) is 8.78 Å². The predicted molar refractivity (Wildman–Crippen MR) is 124 cm³/mol. The standard InChI is InChI=1S/C28H42F2/c1-2-3-4-5-6-7-8-22-9-11-23(12-10-22)13-14-24-15-17-25(18-16-24)26-19-20-27(29)28(30)21-26/h13-14,19-25H,2-12,15-18H2,1H3/b14-13+. The van der Waals surface area contributed by atoms with Gasteiger partial charge < -0.3 is 0 Å². The molecule has 30 heavy (non-hydrogen) atoms. The van der Waals surface area contributed by atoms with E-state index < -0.39 is 11.6 Å². The molecule has 0 bridgehead atoms. The molecule has 1 aromatic rings. The zero-order chi connectivity index (χ0) is 21.2. The van der Waals surface area contributed by atoms with E-state index in [2.05, 4.69) is 19.1 Å². The first-order valence-corrected chi connectivity index (χ1v) is 12.8. The summed E-state index contributed by atoms with van der Waals surface area (Å²) in [5, 5.41) is 0. The molecule has 0 N–H and O–H groups in total. The number of benzene rings is 1. The predicted octanol–water partition coefficient (Wildman–Crippen LogP) is 9.35. The topological polar surface area (TPSA) is 0 Å². The average molecular weight is 417 g/mol. The van der Waals surface area contributed by atoms with Crippen molar-refractivity contribution in [3.63, 3.8) is 0 Å². The van der Waals surface area contributed by atoms with Gasteiger partial charge in [0, 0.05) is 0 Å². The normalized spacial score (nSPS) is 27.6. The summed E-state index contributed by atoms with van der Waals surface area (Å²) < 4.78 is 26.7. The highest BCUT2D eigenvalue weighted by Crippen LogP contribution is 2.38. The molecular formula is C28H42F2. The quantitative estimate of drug-likeness (QED) is 0.263. The van der Waals surface area contributed by atoms with Crippen LogP contribution in [0.1, 0.15) is 115 Å². The van der Waals surface area contributed by atoms with Gasteiger partial charge in [-0.15, -0.1) is 0 Å². The summed E-state index contributed by atoms with van der Waals surface area (Å²) in [6.45, 7) is 2.29. The van der Waals surface area contributed by atoms with Crippen LogP contribution < -0.4 is 0 Å². The Morgan fingerprint density at radius 2 is 1.33 bits per heavy atom. The Morgan fingerprint density at radius 1 is 0.733 bits per heavy atom. The van der Waals surface area contributed by atoms with Crippen LogP contribution >= 0.6 is 0 Å². The minimum absolute atomic E-state index is 0.391. The smallest absolute Gasteiger partial charge is 0.159 e. The first kappa shape index (κ1) is 23.5. The number of hydrogen-bond acceptors (Lipinski definition) is 0. The maximum atomic E-state index is 13.5. The van der Waals surface area contributed by atoms with Crippen LogP contribution in [0.3, 0.4) is 0 Å². The molecule has 2 aliphatic rings. The van der Waals surface area contributed by atoms with E-state index in [0.717, 1.165) is 30.2 Å². The van der Waals surface area contributed by atoms with Crippen molar-refractivity contribution in [3.05, 3.63) is 47.5 Å². The van der Waals surface area contributed by atoms with Crippen LogP contribution in [0.25, 0.3) is 0 Å². The Kier molecular flexibility index (Phi) is 9.88. The highest BCUT2D eigenvalue weighted by Gasteiger charge is 2.23. The lowest BCUT2D eigenvalue weighted by molar-refractivity contribution is 0.287. The molecule has 2 fully saturated rings. The lowest BCUT2D eigenvalue weighted by Gasteiger charge is -2.29. The fraction of sp³-hybridized carbons (Fsp3) is 0.714. The van der Waals surface area contributed by atoms with Crippen LogP contribution in [-0.4, -0.2) is 0 Å². The molecular weight excluding hydrogens is 374 g/mol. The van der Waals surface area contributed by atoms with Crippen LogP contribution in [0.5, 0.6) is 0 Å². The highest BCUT2D eigenvalue weighted by atomic mass is 19.2. The Labute approximate surface area is 183 Å². The van der Waals surface area contributed by atoms with Crippen molar-refractivity contribution in [1.82, 2.24) is 0 Å². The van der Waals surface area contributed by atoms with Crippen molar-refractivity contribution in [3.8, 4) is 0 Å². The average Bonchev–Trinajstić information content (AvgIpc) is 2.78. The minimum atomic E-state index is -0.739. The van der Waals surface area contributed by atoms with E-state index in [1.807, 2.05) is 0 Å². The fourth-order valence-electron chi connectivity index (χ4n) is 5.61. The number of allylic oxidation sites excluding steroid dienone is 2. The molecule has 0 heterocycles. The lowest BCUT2D eigenvalue weighted by atomic mass is 9.76. The van der Waals surface area contributed by atoms with Crippen molar-refractivity contribution in [1.29, 1.82) is 0 Å². The molecule has 0 saturated heterocycles. The molecule has 2 heteroatoms. The summed E-state index contributed by atoms with van der Waals surface area (Å²) in [7, 11) is 0. The monoisotopic (exact) mass is 416 g/mol. The van der Waals surface area contributed by atoms with Crippen molar-refractivity contribution in [2.24, 2.45) is 17.8 Å². The van der Waals surface area contributed by atoms with Crippen LogP contribution in [0.15, 0.2) is 30.4 Å². The molecule has 3 rings (SSSR count). The molecule has 0 radical (unpaired) electrons. The van der Waals surface area contributed by atoms with Crippen LogP contribution in [-0.2, 0) is 0 Å².